The summed E-state index contributed by atoms with van der Waals surface area (Å²) >= 11 is 0. The lowest BCUT2D eigenvalue weighted by atomic mass is 10.1. The van der Waals surface area contributed by atoms with Crippen LogP contribution in [0.3, 0.4) is 0 Å². The van der Waals surface area contributed by atoms with Crippen LogP contribution in [0.1, 0.15) is 37.9 Å². The predicted octanol–water partition coefficient (Wildman–Crippen LogP) is 3.24. The Morgan fingerprint density at radius 3 is 2.36 bits per heavy atom. The fraction of sp³-hybridized carbons (Fsp3) is 0.478. The van der Waals surface area contributed by atoms with Crippen LogP contribution in [0.25, 0.3) is 0 Å². The van der Waals surface area contributed by atoms with Crippen molar-refractivity contribution >= 4 is 11.8 Å². The number of hydrogen-bond donors (Lipinski definition) is 0. The largest absolute Gasteiger partial charge is 0.353 e. The summed E-state index contributed by atoms with van der Waals surface area (Å²) in [5.41, 5.74) is 2.10. The van der Waals surface area contributed by atoms with Gasteiger partial charge in [0.15, 0.2) is 0 Å². The molecule has 0 N–H and O–H groups in total. The highest BCUT2D eigenvalue weighted by molar-refractivity contribution is 5.86. The molecule has 2 amide bonds. The minimum Gasteiger partial charge on any atom is -0.353 e. The molecule has 2 aromatic rings. The van der Waals surface area contributed by atoms with E-state index in [1.807, 2.05) is 54.5 Å². The molecule has 1 aromatic heterocycles. The summed E-state index contributed by atoms with van der Waals surface area (Å²) in [5.74, 6) is 0.378. The zero-order chi connectivity index (χ0) is 20.1. The minimum absolute atomic E-state index is 0.0165. The summed E-state index contributed by atoms with van der Waals surface area (Å²) in [4.78, 5) is 29.7. The van der Waals surface area contributed by atoms with E-state index >= 15 is 0 Å². The number of benzene rings is 1. The van der Waals surface area contributed by atoms with Crippen LogP contribution in [0.15, 0.2) is 48.7 Å². The second-order valence-electron chi connectivity index (χ2n) is 8.19. The maximum atomic E-state index is 13.1. The van der Waals surface area contributed by atoms with Gasteiger partial charge in [0.25, 0.3) is 0 Å². The molecule has 1 aliphatic rings. The van der Waals surface area contributed by atoms with Gasteiger partial charge in [0.2, 0.25) is 11.8 Å². The molecule has 3 rings (SSSR count). The normalized spacial score (nSPS) is 13.6. The Bertz CT molecular complexity index is 793. The van der Waals surface area contributed by atoms with E-state index in [1.54, 1.807) is 4.90 Å². The first-order chi connectivity index (χ1) is 13.4. The van der Waals surface area contributed by atoms with Gasteiger partial charge in [-0.3, -0.25) is 9.59 Å². The molecule has 1 aliphatic carbocycles. The van der Waals surface area contributed by atoms with Crippen molar-refractivity contribution in [3.8, 4) is 0 Å². The van der Waals surface area contributed by atoms with Crippen LogP contribution >= 0.6 is 0 Å². The Labute approximate surface area is 167 Å². The smallest absolute Gasteiger partial charge is 0.242 e. The van der Waals surface area contributed by atoms with Crippen molar-refractivity contribution < 1.29 is 9.59 Å². The third-order valence-electron chi connectivity index (χ3n) is 5.15. The number of carbonyl (C=O) groups is 2. The van der Waals surface area contributed by atoms with E-state index in [0.29, 0.717) is 31.5 Å². The van der Waals surface area contributed by atoms with Gasteiger partial charge in [-0.05, 0) is 36.5 Å². The summed E-state index contributed by atoms with van der Waals surface area (Å²) in [5, 5.41) is 0. The Balaban J connectivity index is 1.68. The monoisotopic (exact) mass is 381 g/mol. The highest BCUT2D eigenvalue weighted by Crippen LogP contribution is 2.28. The Kier molecular flexibility index (Phi) is 6.55. The van der Waals surface area contributed by atoms with Gasteiger partial charge in [-0.15, -0.1) is 0 Å². The third kappa shape index (κ3) is 5.47. The van der Waals surface area contributed by atoms with Gasteiger partial charge in [0.05, 0.1) is 19.5 Å². The molecule has 0 bridgehead atoms. The Morgan fingerprint density at radius 2 is 1.79 bits per heavy atom. The highest BCUT2D eigenvalue weighted by Gasteiger charge is 2.34. The zero-order valence-electron chi connectivity index (χ0n) is 17.2. The van der Waals surface area contributed by atoms with Gasteiger partial charge in [-0.1, -0.05) is 44.2 Å². The first-order valence-electron chi connectivity index (χ1n) is 10.2. The average molecular weight is 382 g/mol. The summed E-state index contributed by atoms with van der Waals surface area (Å²) < 4.78 is 2.05. The van der Waals surface area contributed by atoms with Crippen molar-refractivity contribution in [2.45, 2.75) is 45.7 Å². The second-order valence-corrected chi connectivity index (χ2v) is 8.19. The van der Waals surface area contributed by atoms with Crippen LogP contribution in [0, 0.1) is 5.92 Å². The van der Waals surface area contributed by atoms with E-state index in [-0.39, 0.29) is 18.4 Å². The maximum absolute atomic E-state index is 13.1. The summed E-state index contributed by atoms with van der Waals surface area (Å²) in [7, 11) is 2.00. The van der Waals surface area contributed by atoms with Gasteiger partial charge >= 0.3 is 0 Å². The van der Waals surface area contributed by atoms with E-state index < -0.39 is 0 Å². The molecule has 150 valence electrons. The number of rotatable bonds is 9. The van der Waals surface area contributed by atoms with E-state index in [4.69, 9.17) is 0 Å². The van der Waals surface area contributed by atoms with Crippen LogP contribution in [0.5, 0.6) is 0 Å². The van der Waals surface area contributed by atoms with E-state index in [9.17, 15) is 9.59 Å². The lowest BCUT2D eigenvalue weighted by Crippen LogP contribution is -2.45. The van der Waals surface area contributed by atoms with E-state index in [1.165, 1.54) is 0 Å². The molecule has 0 aliphatic heterocycles. The molecule has 1 aromatic carbocycles. The standard InChI is InChI=1S/C23H31N3O2/c1-18(2)15-25(22(27)14-19-8-5-4-6-9-19)17-23(28)26(20-11-12-20)16-21-10-7-13-24(21)3/h4-10,13,18,20H,11-12,14-17H2,1-3H3. The lowest BCUT2D eigenvalue weighted by Gasteiger charge is -2.29. The molecule has 0 atom stereocenters. The number of aryl methyl sites for hydroxylation is 1. The van der Waals surface area contributed by atoms with Crippen molar-refractivity contribution in [1.29, 1.82) is 0 Å². The molecule has 0 saturated heterocycles. The topological polar surface area (TPSA) is 45.6 Å². The molecular weight excluding hydrogens is 350 g/mol. The van der Waals surface area contributed by atoms with Crippen molar-refractivity contribution in [2.75, 3.05) is 13.1 Å². The third-order valence-corrected chi connectivity index (χ3v) is 5.15. The molecule has 0 unspecified atom stereocenters. The Morgan fingerprint density at radius 1 is 1.07 bits per heavy atom. The SMILES string of the molecule is CC(C)CN(CC(=O)N(Cc1cccn1C)C1CC1)C(=O)Cc1ccccc1. The molecule has 1 heterocycles. The fourth-order valence-electron chi connectivity index (χ4n) is 3.47. The molecule has 5 heteroatoms. The molecule has 28 heavy (non-hydrogen) atoms. The van der Waals surface area contributed by atoms with Gasteiger partial charge < -0.3 is 14.4 Å². The summed E-state index contributed by atoms with van der Waals surface area (Å²) in [6, 6.07) is 14.1. The molecular formula is C23H31N3O2. The summed E-state index contributed by atoms with van der Waals surface area (Å²) in [6.45, 7) is 5.52. The van der Waals surface area contributed by atoms with Gasteiger partial charge in [-0.25, -0.2) is 0 Å². The van der Waals surface area contributed by atoms with Crippen LogP contribution < -0.4 is 0 Å². The lowest BCUT2D eigenvalue weighted by molar-refractivity contribution is -0.141. The van der Waals surface area contributed by atoms with Crippen molar-refractivity contribution in [3.05, 3.63) is 59.9 Å². The van der Waals surface area contributed by atoms with Crippen molar-refractivity contribution in [2.24, 2.45) is 13.0 Å². The van der Waals surface area contributed by atoms with Gasteiger partial charge in [0, 0.05) is 31.5 Å². The maximum Gasteiger partial charge on any atom is 0.242 e. The predicted molar refractivity (Wildman–Crippen MR) is 111 cm³/mol. The average Bonchev–Trinajstić information content (AvgIpc) is 3.41. The molecule has 1 saturated carbocycles. The van der Waals surface area contributed by atoms with Crippen LogP contribution in [-0.4, -0.2) is 45.3 Å². The summed E-state index contributed by atoms with van der Waals surface area (Å²) in [6.07, 6.45) is 4.44. The highest BCUT2D eigenvalue weighted by atomic mass is 16.2. The number of aromatic nitrogens is 1. The van der Waals surface area contributed by atoms with Crippen LogP contribution in [0.2, 0.25) is 0 Å². The molecule has 5 nitrogen and oxygen atoms in total. The number of amides is 2. The van der Waals surface area contributed by atoms with Crippen LogP contribution in [-0.2, 0) is 29.6 Å². The minimum atomic E-state index is 0.0165. The zero-order valence-corrected chi connectivity index (χ0v) is 17.2. The second kappa shape index (κ2) is 9.09. The van der Waals surface area contributed by atoms with Crippen LogP contribution in [0.4, 0.5) is 0 Å². The number of carbonyl (C=O) groups excluding carboxylic acids is 2. The van der Waals surface area contributed by atoms with Crippen molar-refractivity contribution in [3.63, 3.8) is 0 Å². The number of hydrogen-bond acceptors (Lipinski definition) is 2. The molecule has 1 fully saturated rings. The van der Waals surface area contributed by atoms with E-state index in [2.05, 4.69) is 24.5 Å². The van der Waals surface area contributed by atoms with Gasteiger partial charge in [0.1, 0.15) is 0 Å². The molecule has 0 spiro atoms. The Hall–Kier alpha value is -2.56. The van der Waals surface area contributed by atoms with Crippen molar-refractivity contribution in [1.82, 2.24) is 14.4 Å². The number of nitrogens with zero attached hydrogens (tertiary/aromatic N) is 3. The van der Waals surface area contributed by atoms with Gasteiger partial charge in [-0.2, -0.15) is 0 Å². The first kappa shape index (κ1) is 20.2. The quantitative estimate of drug-likeness (QED) is 0.669. The molecule has 0 radical (unpaired) electrons. The van der Waals surface area contributed by atoms with E-state index in [0.717, 1.165) is 24.1 Å². The first-order valence-corrected chi connectivity index (χ1v) is 10.2. The fourth-order valence-corrected chi connectivity index (χ4v) is 3.47.